The first-order valence-electron chi connectivity index (χ1n) is 5.32. The molecule has 0 aliphatic carbocycles. The largest absolute Gasteiger partial charge is 0.369 e. The van der Waals surface area contributed by atoms with Crippen LogP contribution in [0.15, 0.2) is 16.6 Å². The van der Waals surface area contributed by atoms with Crippen molar-refractivity contribution in [1.29, 1.82) is 0 Å². The van der Waals surface area contributed by atoms with Crippen molar-refractivity contribution in [2.24, 2.45) is 0 Å². The van der Waals surface area contributed by atoms with Crippen molar-refractivity contribution in [3.8, 4) is 0 Å². The quantitative estimate of drug-likeness (QED) is 0.938. The lowest BCUT2D eigenvalue weighted by Gasteiger charge is -2.14. The van der Waals surface area contributed by atoms with E-state index in [0.29, 0.717) is 27.2 Å². The fourth-order valence-corrected chi connectivity index (χ4v) is 3.15. The summed E-state index contributed by atoms with van der Waals surface area (Å²) in [6.07, 6.45) is 1.63. The molecule has 0 saturated heterocycles. The molecule has 0 aliphatic rings. The summed E-state index contributed by atoms with van der Waals surface area (Å²) in [5, 5.41) is 0. The van der Waals surface area contributed by atoms with Crippen LogP contribution in [0, 0.1) is 5.82 Å². The Kier molecular flexibility index (Phi) is 3.72. The zero-order chi connectivity index (χ0) is 13.4. The van der Waals surface area contributed by atoms with Crippen molar-refractivity contribution < 1.29 is 8.60 Å². The Morgan fingerprint density at radius 3 is 2.89 bits per heavy atom. The maximum absolute atomic E-state index is 13.6. The Bertz CT molecular complexity index is 628. The number of hydrogen-bond acceptors (Lipinski definition) is 3. The highest BCUT2D eigenvalue weighted by molar-refractivity contribution is 9.10. The third kappa shape index (κ3) is 2.42. The van der Waals surface area contributed by atoms with E-state index in [1.807, 2.05) is 6.92 Å². The van der Waals surface area contributed by atoms with E-state index in [0.717, 1.165) is 0 Å². The number of fused-ring (bicyclic) bond motifs is 1. The van der Waals surface area contributed by atoms with Gasteiger partial charge in [-0.05, 0) is 28.9 Å². The van der Waals surface area contributed by atoms with Gasteiger partial charge in [0.15, 0.2) is 0 Å². The Morgan fingerprint density at radius 2 is 2.28 bits per heavy atom. The second-order valence-electron chi connectivity index (χ2n) is 4.18. The van der Waals surface area contributed by atoms with Gasteiger partial charge in [0.25, 0.3) is 0 Å². The summed E-state index contributed by atoms with van der Waals surface area (Å²) in [5.74, 6) is 0.391. The fourth-order valence-electron chi connectivity index (χ4n) is 1.99. The molecule has 18 heavy (non-hydrogen) atoms. The standard InChI is InChI=1S/C11H13BrFN3OS/c1-6(5-18(2)17)16-10-4-8(13)7(12)3-9(10)15-11(16)14/h3-4,6H,5H2,1-2H3,(H2,14,15). The number of aromatic nitrogens is 2. The average molecular weight is 334 g/mol. The first kappa shape index (κ1) is 13.5. The molecular weight excluding hydrogens is 321 g/mol. The summed E-state index contributed by atoms with van der Waals surface area (Å²) in [5.41, 5.74) is 7.08. The van der Waals surface area contributed by atoms with Gasteiger partial charge in [-0.1, -0.05) is 0 Å². The van der Waals surface area contributed by atoms with Gasteiger partial charge < -0.3 is 10.3 Å². The number of rotatable bonds is 3. The summed E-state index contributed by atoms with van der Waals surface area (Å²) >= 11 is 3.11. The zero-order valence-corrected chi connectivity index (χ0v) is 12.4. The molecular formula is C11H13BrFN3OS. The average Bonchev–Trinajstić information content (AvgIpc) is 2.53. The molecule has 0 saturated carbocycles. The van der Waals surface area contributed by atoms with Crippen molar-refractivity contribution in [2.75, 3.05) is 17.7 Å². The van der Waals surface area contributed by atoms with Crippen molar-refractivity contribution >= 4 is 43.7 Å². The second-order valence-corrected chi connectivity index (χ2v) is 6.52. The van der Waals surface area contributed by atoms with Crippen molar-refractivity contribution in [1.82, 2.24) is 9.55 Å². The minimum atomic E-state index is -0.948. The topological polar surface area (TPSA) is 60.9 Å². The number of benzene rings is 1. The highest BCUT2D eigenvalue weighted by atomic mass is 79.9. The van der Waals surface area contributed by atoms with E-state index in [2.05, 4.69) is 20.9 Å². The molecule has 1 heterocycles. The summed E-state index contributed by atoms with van der Waals surface area (Å²) in [4.78, 5) is 4.19. The van der Waals surface area contributed by atoms with Crippen LogP contribution in [0.4, 0.5) is 10.3 Å². The highest BCUT2D eigenvalue weighted by Crippen LogP contribution is 2.27. The van der Waals surface area contributed by atoms with Crippen LogP contribution in [0.3, 0.4) is 0 Å². The lowest BCUT2D eigenvalue weighted by atomic mass is 10.3. The SMILES string of the molecule is CC(CS(C)=O)n1c(N)nc2cc(Br)c(F)cc21. The molecule has 0 radical (unpaired) electrons. The van der Waals surface area contributed by atoms with Gasteiger partial charge in [-0.2, -0.15) is 0 Å². The molecule has 1 aromatic carbocycles. The minimum absolute atomic E-state index is 0.0959. The van der Waals surface area contributed by atoms with E-state index in [1.165, 1.54) is 6.07 Å². The lowest BCUT2D eigenvalue weighted by Crippen LogP contribution is -2.15. The number of imidazole rings is 1. The number of halogens is 2. The molecule has 0 bridgehead atoms. The van der Waals surface area contributed by atoms with E-state index >= 15 is 0 Å². The third-order valence-electron chi connectivity index (χ3n) is 2.68. The Hall–Kier alpha value is -0.950. The summed E-state index contributed by atoms with van der Waals surface area (Å²) in [6.45, 7) is 1.89. The van der Waals surface area contributed by atoms with Gasteiger partial charge in [-0.3, -0.25) is 4.21 Å². The van der Waals surface area contributed by atoms with Crippen LogP contribution in [0.2, 0.25) is 0 Å². The van der Waals surface area contributed by atoms with E-state index in [-0.39, 0.29) is 11.9 Å². The number of nitrogens with zero attached hydrogens (tertiary/aromatic N) is 2. The van der Waals surface area contributed by atoms with Crippen molar-refractivity contribution in [3.05, 3.63) is 22.4 Å². The van der Waals surface area contributed by atoms with Crippen molar-refractivity contribution in [3.63, 3.8) is 0 Å². The smallest absolute Gasteiger partial charge is 0.201 e. The molecule has 0 amide bonds. The van der Waals surface area contributed by atoms with E-state index in [1.54, 1.807) is 16.9 Å². The fraction of sp³-hybridized carbons (Fsp3) is 0.364. The van der Waals surface area contributed by atoms with Crippen molar-refractivity contribution in [2.45, 2.75) is 13.0 Å². The molecule has 2 N–H and O–H groups in total. The monoisotopic (exact) mass is 333 g/mol. The van der Waals surface area contributed by atoms with Gasteiger partial charge >= 0.3 is 0 Å². The normalized spacial score (nSPS) is 14.9. The molecule has 7 heteroatoms. The van der Waals surface area contributed by atoms with Crippen LogP contribution in [0.25, 0.3) is 11.0 Å². The Labute approximate surface area is 115 Å². The van der Waals surface area contributed by atoms with Crippen LogP contribution >= 0.6 is 15.9 Å². The zero-order valence-electron chi connectivity index (χ0n) is 9.98. The molecule has 1 aromatic heterocycles. The molecule has 0 spiro atoms. The molecule has 98 valence electrons. The summed E-state index contributed by atoms with van der Waals surface area (Å²) in [6, 6.07) is 2.88. The molecule has 4 nitrogen and oxygen atoms in total. The first-order valence-corrected chi connectivity index (χ1v) is 7.84. The van der Waals surface area contributed by atoms with Crippen LogP contribution < -0.4 is 5.73 Å². The van der Waals surface area contributed by atoms with Gasteiger partial charge in [0.1, 0.15) is 5.82 Å². The van der Waals surface area contributed by atoms with Gasteiger partial charge in [-0.25, -0.2) is 9.37 Å². The molecule has 0 fully saturated rings. The minimum Gasteiger partial charge on any atom is -0.369 e. The predicted molar refractivity (Wildman–Crippen MR) is 75.4 cm³/mol. The number of anilines is 1. The summed E-state index contributed by atoms with van der Waals surface area (Å²) < 4.78 is 26.9. The third-order valence-corrected chi connectivity index (χ3v) is 4.24. The van der Waals surface area contributed by atoms with Gasteiger partial charge in [0.05, 0.1) is 15.5 Å². The van der Waals surface area contributed by atoms with Gasteiger partial charge in [0, 0.05) is 34.9 Å². The van der Waals surface area contributed by atoms with E-state index < -0.39 is 10.8 Å². The van der Waals surface area contributed by atoms with Crippen LogP contribution in [0.5, 0.6) is 0 Å². The molecule has 2 rings (SSSR count). The maximum atomic E-state index is 13.6. The Balaban J connectivity index is 2.59. The highest BCUT2D eigenvalue weighted by Gasteiger charge is 2.16. The van der Waals surface area contributed by atoms with Gasteiger partial charge in [-0.15, -0.1) is 0 Å². The lowest BCUT2D eigenvalue weighted by molar-refractivity contribution is 0.609. The second kappa shape index (κ2) is 4.97. The predicted octanol–water partition coefficient (Wildman–Crippen LogP) is 2.46. The molecule has 2 unspecified atom stereocenters. The van der Waals surface area contributed by atoms with Crippen LogP contribution in [0.1, 0.15) is 13.0 Å². The van der Waals surface area contributed by atoms with Crippen LogP contribution in [-0.2, 0) is 10.8 Å². The molecule has 2 aromatic rings. The maximum Gasteiger partial charge on any atom is 0.201 e. The molecule has 0 aliphatic heterocycles. The number of hydrogen-bond donors (Lipinski definition) is 1. The first-order chi connectivity index (χ1) is 8.40. The van der Waals surface area contributed by atoms with Gasteiger partial charge in [0.2, 0.25) is 5.95 Å². The van der Waals surface area contributed by atoms with E-state index in [9.17, 15) is 8.60 Å². The van der Waals surface area contributed by atoms with E-state index in [4.69, 9.17) is 5.73 Å². The molecule has 2 atom stereocenters. The number of nitrogens with two attached hydrogens (primary N) is 1. The summed E-state index contributed by atoms with van der Waals surface area (Å²) in [7, 11) is -0.948. The Morgan fingerprint density at radius 1 is 1.61 bits per heavy atom. The van der Waals surface area contributed by atoms with Crippen LogP contribution in [-0.4, -0.2) is 25.8 Å². The number of nitrogen functional groups attached to an aromatic ring is 1.